The van der Waals surface area contributed by atoms with E-state index in [2.05, 4.69) is 4.90 Å². The van der Waals surface area contributed by atoms with E-state index >= 15 is 0 Å². The standard InChI is InChI=1S/C10H20N2/c11-7-10(9-3-4-9)8-12-5-1-2-6-12/h9-10H,1-8,11H2. The van der Waals surface area contributed by atoms with Crippen LogP contribution in [0.25, 0.3) is 0 Å². The van der Waals surface area contributed by atoms with Gasteiger partial charge in [-0.15, -0.1) is 0 Å². The van der Waals surface area contributed by atoms with E-state index in [1.54, 1.807) is 0 Å². The summed E-state index contributed by atoms with van der Waals surface area (Å²) in [6.45, 7) is 4.83. The molecule has 2 fully saturated rings. The van der Waals surface area contributed by atoms with Crippen molar-refractivity contribution in [3.05, 3.63) is 0 Å². The Bertz CT molecular complexity index is 137. The van der Waals surface area contributed by atoms with Gasteiger partial charge in [-0.25, -0.2) is 0 Å². The Hall–Kier alpha value is -0.0800. The summed E-state index contributed by atoms with van der Waals surface area (Å²) >= 11 is 0. The molecule has 1 saturated heterocycles. The number of nitrogens with two attached hydrogens (primary N) is 1. The smallest absolute Gasteiger partial charge is 0.00244 e. The fourth-order valence-corrected chi connectivity index (χ4v) is 2.28. The molecule has 2 rings (SSSR count). The van der Waals surface area contributed by atoms with Crippen LogP contribution in [0.2, 0.25) is 0 Å². The predicted molar refractivity (Wildman–Crippen MR) is 50.9 cm³/mol. The highest BCUT2D eigenvalue weighted by atomic mass is 15.1. The highest BCUT2D eigenvalue weighted by Crippen LogP contribution is 2.36. The molecule has 1 unspecified atom stereocenters. The molecule has 70 valence electrons. The van der Waals surface area contributed by atoms with Gasteiger partial charge < -0.3 is 10.6 Å². The largest absolute Gasteiger partial charge is 0.330 e. The molecular weight excluding hydrogens is 148 g/mol. The molecule has 0 bridgehead atoms. The Morgan fingerprint density at radius 2 is 1.92 bits per heavy atom. The van der Waals surface area contributed by atoms with Gasteiger partial charge in [0.15, 0.2) is 0 Å². The Labute approximate surface area is 75.1 Å². The second-order valence-corrected chi connectivity index (χ2v) is 4.34. The molecule has 0 amide bonds. The molecule has 2 N–H and O–H groups in total. The third-order valence-corrected chi connectivity index (χ3v) is 3.28. The van der Waals surface area contributed by atoms with Crippen molar-refractivity contribution in [2.75, 3.05) is 26.2 Å². The summed E-state index contributed by atoms with van der Waals surface area (Å²) in [7, 11) is 0. The number of hydrogen-bond acceptors (Lipinski definition) is 2. The molecule has 1 heterocycles. The zero-order valence-corrected chi connectivity index (χ0v) is 7.84. The summed E-state index contributed by atoms with van der Waals surface area (Å²) in [5.41, 5.74) is 5.77. The van der Waals surface area contributed by atoms with Gasteiger partial charge in [0, 0.05) is 6.54 Å². The fourth-order valence-electron chi connectivity index (χ4n) is 2.28. The van der Waals surface area contributed by atoms with Crippen molar-refractivity contribution in [2.24, 2.45) is 17.6 Å². The summed E-state index contributed by atoms with van der Waals surface area (Å²) in [6, 6.07) is 0. The Morgan fingerprint density at radius 3 is 2.42 bits per heavy atom. The van der Waals surface area contributed by atoms with Crippen molar-refractivity contribution in [1.29, 1.82) is 0 Å². The Balaban J connectivity index is 1.74. The lowest BCUT2D eigenvalue weighted by Gasteiger charge is -2.21. The maximum atomic E-state index is 5.77. The maximum absolute atomic E-state index is 5.77. The second kappa shape index (κ2) is 3.75. The normalized spacial score (nSPS) is 27.8. The van der Waals surface area contributed by atoms with Crippen LogP contribution in [0.15, 0.2) is 0 Å². The first-order valence-electron chi connectivity index (χ1n) is 5.32. The summed E-state index contributed by atoms with van der Waals surface area (Å²) in [4.78, 5) is 2.59. The van der Waals surface area contributed by atoms with Gasteiger partial charge in [-0.3, -0.25) is 0 Å². The van der Waals surface area contributed by atoms with Crippen molar-refractivity contribution in [1.82, 2.24) is 4.90 Å². The predicted octanol–water partition coefficient (Wildman–Crippen LogP) is 1.07. The molecule has 2 aliphatic rings. The van der Waals surface area contributed by atoms with Crippen LogP contribution in [0, 0.1) is 11.8 Å². The van der Waals surface area contributed by atoms with Crippen LogP contribution in [-0.2, 0) is 0 Å². The van der Waals surface area contributed by atoms with Crippen LogP contribution in [0.4, 0.5) is 0 Å². The Morgan fingerprint density at radius 1 is 1.25 bits per heavy atom. The lowest BCUT2D eigenvalue weighted by atomic mass is 10.0. The average Bonchev–Trinajstić information content (AvgIpc) is 2.80. The molecule has 2 heteroatoms. The molecule has 1 saturated carbocycles. The molecule has 0 spiro atoms. The van der Waals surface area contributed by atoms with Crippen LogP contribution >= 0.6 is 0 Å². The summed E-state index contributed by atoms with van der Waals surface area (Å²) < 4.78 is 0. The van der Waals surface area contributed by atoms with Crippen molar-refractivity contribution in [3.63, 3.8) is 0 Å². The van der Waals surface area contributed by atoms with Gasteiger partial charge in [-0.05, 0) is 57.2 Å². The van der Waals surface area contributed by atoms with E-state index in [4.69, 9.17) is 5.73 Å². The van der Waals surface area contributed by atoms with E-state index in [0.29, 0.717) is 0 Å². The molecular formula is C10H20N2. The first-order valence-corrected chi connectivity index (χ1v) is 5.32. The molecule has 0 aromatic carbocycles. The van der Waals surface area contributed by atoms with Crippen LogP contribution in [0.3, 0.4) is 0 Å². The first-order chi connectivity index (χ1) is 5.90. The van der Waals surface area contributed by atoms with Gasteiger partial charge in [0.25, 0.3) is 0 Å². The van der Waals surface area contributed by atoms with E-state index in [1.165, 1.54) is 45.3 Å². The monoisotopic (exact) mass is 168 g/mol. The van der Waals surface area contributed by atoms with Gasteiger partial charge in [-0.2, -0.15) is 0 Å². The fraction of sp³-hybridized carbons (Fsp3) is 1.00. The molecule has 0 radical (unpaired) electrons. The minimum absolute atomic E-state index is 0.808. The number of hydrogen-bond donors (Lipinski definition) is 1. The zero-order chi connectivity index (χ0) is 8.39. The van der Waals surface area contributed by atoms with E-state index < -0.39 is 0 Å². The minimum atomic E-state index is 0.808. The maximum Gasteiger partial charge on any atom is 0.00244 e. The third kappa shape index (κ3) is 1.99. The van der Waals surface area contributed by atoms with E-state index in [9.17, 15) is 0 Å². The highest BCUT2D eigenvalue weighted by Gasteiger charge is 2.31. The van der Waals surface area contributed by atoms with Gasteiger partial charge >= 0.3 is 0 Å². The van der Waals surface area contributed by atoms with Crippen LogP contribution in [0.5, 0.6) is 0 Å². The summed E-state index contributed by atoms with van der Waals surface area (Å²) in [5.74, 6) is 1.79. The summed E-state index contributed by atoms with van der Waals surface area (Å²) in [6.07, 6.45) is 5.69. The first kappa shape index (κ1) is 8.52. The van der Waals surface area contributed by atoms with Gasteiger partial charge in [0.2, 0.25) is 0 Å². The van der Waals surface area contributed by atoms with E-state index in [1.807, 2.05) is 0 Å². The average molecular weight is 168 g/mol. The summed E-state index contributed by atoms with van der Waals surface area (Å²) in [5, 5.41) is 0. The van der Waals surface area contributed by atoms with Crippen LogP contribution in [0.1, 0.15) is 25.7 Å². The highest BCUT2D eigenvalue weighted by molar-refractivity contribution is 4.84. The van der Waals surface area contributed by atoms with Crippen LogP contribution < -0.4 is 5.73 Å². The molecule has 12 heavy (non-hydrogen) atoms. The number of rotatable bonds is 4. The number of nitrogens with zero attached hydrogens (tertiary/aromatic N) is 1. The minimum Gasteiger partial charge on any atom is -0.330 e. The van der Waals surface area contributed by atoms with Crippen molar-refractivity contribution >= 4 is 0 Å². The van der Waals surface area contributed by atoms with E-state index in [-0.39, 0.29) is 0 Å². The number of likely N-dealkylation sites (tertiary alicyclic amines) is 1. The molecule has 1 atom stereocenters. The Kier molecular flexibility index (Phi) is 2.66. The second-order valence-electron chi connectivity index (χ2n) is 4.34. The van der Waals surface area contributed by atoms with Gasteiger partial charge in [-0.1, -0.05) is 0 Å². The molecule has 1 aliphatic carbocycles. The van der Waals surface area contributed by atoms with E-state index in [0.717, 1.165) is 18.4 Å². The SMILES string of the molecule is NCC(CN1CCCC1)C1CC1. The molecule has 2 nitrogen and oxygen atoms in total. The van der Waals surface area contributed by atoms with Crippen molar-refractivity contribution < 1.29 is 0 Å². The topological polar surface area (TPSA) is 29.3 Å². The molecule has 0 aromatic rings. The molecule has 0 aromatic heterocycles. The quantitative estimate of drug-likeness (QED) is 0.680. The lowest BCUT2D eigenvalue weighted by Crippen LogP contribution is -2.32. The van der Waals surface area contributed by atoms with Crippen LogP contribution in [-0.4, -0.2) is 31.1 Å². The third-order valence-electron chi connectivity index (χ3n) is 3.28. The molecule has 1 aliphatic heterocycles. The lowest BCUT2D eigenvalue weighted by molar-refractivity contribution is 0.263. The van der Waals surface area contributed by atoms with Gasteiger partial charge in [0.1, 0.15) is 0 Å². The van der Waals surface area contributed by atoms with Gasteiger partial charge in [0.05, 0.1) is 0 Å². The zero-order valence-electron chi connectivity index (χ0n) is 7.84. The van der Waals surface area contributed by atoms with Crippen molar-refractivity contribution in [2.45, 2.75) is 25.7 Å². The van der Waals surface area contributed by atoms with Crippen molar-refractivity contribution in [3.8, 4) is 0 Å².